The summed E-state index contributed by atoms with van der Waals surface area (Å²) in [6, 6.07) is 1.68. The molecule has 0 aliphatic carbocycles. The van der Waals surface area contributed by atoms with Crippen molar-refractivity contribution in [3.8, 4) is 0 Å². The third kappa shape index (κ3) is 3.82. The first kappa shape index (κ1) is 16.2. The SMILES string of the molecule is O=C(Cc1cnccc1Cl)N1CCN(C(=O)C2CCCO2)CC1. The van der Waals surface area contributed by atoms with E-state index in [1.165, 1.54) is 0 Å². The number of hydrogen-bond donors (Lipinski definition) is 0. The summed E-state index contributed by atoms with van der Waals surface area (Å²) in [7, 11) is 0. The van der Waals surface area contributed by atoms with E-state index < -0.39 is 0 Å². The molecule has 7 heteroatoms. The Bertz CT molecular complexity index is 582. The first-order valence-electron chi connectivity index (χ1n) is 7.91. The molecule has 2 aliphatic rings. The van der Waals surface area contributed by atoms with Crippen LogP contribution in [0.25, 0.3) is 0 Å². The lowest BCUT2D eigenvalue weighted by Crippen LogP contribution is -2.53. The maximum Gasteiger partial charge on any atom is 0.251 e. The Hall–Kier alpha value is -1.66. The van der Waals surface area contributed by atoms with Crippen LogP contribution in [0.3, 0.4) is 0 Å². The summed E-state index contributed by atoms with van der Waals surface area (Å²) in [5.41, 5.74) is 0.733. The van der Waals surface area contributed by atoms with Gasteiger partial charge in [-0.25, -0.2) is 0 Å². The van der Waals surface area contributed by atoms with Crippen molar-refractivity contribution in [3.05, 3.63) is 29.0 Å². The van der Waals surface area contributed by atoms with Gasteiger partial charge >= 0.3 is 0 Å². The van der Waals surface area contributed by atoms with E-state index in [0.29, 0.717) is 37.8 Å². The lowest BCUT2D eigenvalue weighted by Gasteiger charge is -2.35. The summed E-state index contributed by atoms with van der Waals surface area (Å²) in [5, 5.41) is 0.556. The lowest BCUT2D eigenvalue weighted by atomic mass is 10.1. The predicted octanol–water partition coefficient (Wildman–Crippen LogP) is 1.13. The zero-order valence-electron chi connectivity index (χ0n) is 12.9. The van der Waals surface area contributed by atoms with Gasteiger partial charge in [0.2, 0.25) is 5.91 Å². The fourth-order valence-corrected chi connectivity index (χ4v) is 3.14. The highest BCUT2D eigenvalue weighted by Gasteiger charge is 2.31. The van der Waals surface area contributed by atoms with Gasteiger partial charge in [0.25, 0.3) is 5.91 Å². The molecule has 1 atom stereocenters. The van der Waals surface area contributed by atoms with Gasteiger partial charge in [-0.2, -0.15) is 0 Å². The fourth-order valence-electron chi connectivity index (χ4n) is 2.97. The molecule has 3 rings (SSSR count). The molecule has 0 aromatic carbocycles. The minimum absolute atomic E-state index is 0.0177. The molecule has 124 valence electrons. The second kappa shape index (κ2) is 7.27. The maximum atomic E-state index is 12.4. The molecule has 0 spiro atoms. The van der Waals surface area contributed by atoms with E-state index in [-0.39, 0.29) is 24.3 Å². The summed E-state index contributed by atoms with van der Waals surface area (Å²) in [5.74, 6) is 0.0778. The zero-order valence-corrected chi connectivity index (χ0v) is 13.7. The molecule has 0 bridgehead atoms. The second-order valence-electron chi connectivity index (χ2n) is 5.85. The van der Waals surface area contributed by atoms with Crippen molar-refractivity contribution in [2.24, 2.45) is 0 Å². The first-order chi connectivity index (χ1) is 11.1. The van der Waals surface area contributed by atoms with E-state index in [4.69, 9.17) is 16.3 Å². The van der Waals surface area contributed by atoms with Gasteiger partial charge in [-0.3, -0.25) is 14.6 Å². The minimum atomic E-state index is -0.286. The van der Waals surface area contributed by atoms with Crippen LogP contribution >= 0.6 is 11.6 Å². The number of halogens is 1. The van der Waals surface area contributed by atoms with Crippen LogP contribution < -0.4 is 0 Å². The predicted molar refractivity (Wildman–Crippen MR) is 85.1 cm³/mol. The minimum Gasteiger partial charge on any atom is -0.368 e. The number of nitrogens with zero attached hydrogens (tertiary/aromatic N) is 3. The molecule has 0 saturated carbocycles. The lowest BCUT2D eigenvalue weighted by molar-refractivity contribution is -0.145. The van der Waals surface area contributed by atoms with E-state index in [0.717, 1.165) is 18.4 Å². The Balaban J connectivity index is 1.51. The molecule has 1 aromatic rings. The van der Waals surface area contributed by atoms with E-state index in [2.05, 4.69) is 4.98 Å². The van der Waals surface area contributed by atoms with Crippen molar-refractivity contribution in [1.29, 1.82) is 0 Å². The number of rotatable bonds is 3. The van der Waals surface area contributed by atoms with E-state index in [9.17, 15) is 9.59 Å². The van der Waals surface area contributed by atoms with Gasteiger partial charge in [0.15, 0.2) is 0 Å². The molecule has 1 unspecified atom stereocenters. The summed E-state index contributed by atoms with van der Waals surface area (Å²) in [4.78, 5) is 32.2. The average Bonchev–Trinajstić information content (AvgIpc) is 3.11. The molecule has 3 heterocycles. The normalized spacial score (nSPS) is 21.5. The fraction of sp³-hybridized carbons (Fsp3) is 0.562. The van der Waals surface area contributed by atoms with E-state index >= 15 is 0 Å². The number of aromatic nitrogens is 1. The third-order valence-corrected chi connectivity index (χ3v) is 4.70. The van der Waals surface area contributed by atoms with Crippen LogP contribution in [0, 0.1) is 0 Å². The molecule has 0 radical (unpaired) electrons. The van der Waals surface area contributed by atoms with E-state index in [1.54, 1.807) is 28.3 Å². The topological polar surface area (TPSA) is 62.7 Å². The largest absolute Gasteiger partial charge is 0.368 e. The average molecular weight is 338 g/mol. The van der Waals surface area contributed by atoms with Crippen molar-refractivity contribution >= 4 is 23.4 Å². The maximum absolute atomic E-state index is 12.4. The highest BCUT2D eigenvalue weighted by molar-refractivity contribution is 6.31. The van der Waals surface area contributed by atoms with Crippen molar-refractivity contribution in [2.75, 3.05) is 32.8 Å². The Kier molecular flexibility index (Phi) is 5.13. The second-order valence-corrected chi connectivity index (χ2v) is 6.26. The molecule has 23 heavy (non-hydrogen) atoms. The van der Waals surface area contributed by atoms with Crippen LogP contribution in [0.5, 0.6) is 0 Å². The quantitative estimate of drug-likeness (QED) is 0.829. The first-order valence-corrected chi connectivity index (χ1v) is 8.29. The van der Waals surface area contributed by atoms with Gasteiger partial charge in [-0.1, -0.05) is 11.6 Å². The molecule has 0 N–H and O–H groups in total. The van der Waals surface area contributed by atoms with Crippen molar-refractivity contribution in [3.63, 3.8) is 0 Å². The molecule has 2 aliphatic heterocycles. The number of piperazine rings is 1. The van der Waals surface area contributed by atoms with Gasteiger partial charge < -0.3 is 14.5 Å². The number of hydrogen-bond acceptors (Lipinski definition) is 4. The van der Waals surface area contributed by atoms with Crippen LogP contribution in [0.2, 0.25) is 5.02 Å². The Morgan fingerprint density at radius 3 is 2.65 bits per heavy atom. The van der Waals surface area contributed by atoms with Gasteiger partial charge in [0.1, 0.15) is 6.10 Å². The number of amides is 2. The smallest absolute Gasteiger partial charge is 0.251 e. The zero-order chi connectivity index (χ0) is 16.2. The van der Waals surface area contributed by atoms with Crippen molar-refractivity contribution in [1.82, 2.24) is 14.8 Å². The third-order valence-electron chi connectivity index (χ3n) is 4.33. The number of carbonyl (C=O) groups excluding carboxylic acids is 2. The molecule has 1 aromatic heterocycles. The van der Waals surface area contributed by atoms with Gasteiger partial charge in [0.05, 0.1) is 6.42 Å². The molecule has 2 amide bonds. The summed E-state index contributed by atoms with van der Waals surface area (Å²) in [6.07, 6.45) is 4.93. The van der Waals surface area contributed by atoms with Crippen LogP contribution in [0.1, 0.15) is 18.4 Å². The monoisotopic (exact) mass is 337 g/mol. The van der Waals surface area contributed by atoms with Crippen molar-refractivity contribution < 1.29 is 14.3 Å². The molecular formula is C16H20ClN3O3. The van der Waals surface area contributed by atoms with Crippen LogP contribution in [0.4, 0.5) is 0 Å². The summed E-state index contributed by atoms with van der Waals surface area (Å²) >= 11 is 6.07. The van der Waals surface area contributed by atoms with Gasteiger partial charge in [-0.05, 0) is 24.5 Å². The number of ether oxygens (including phenoxy) is 1. The summed E-state index contributed by atoms with van der Waals surface area (Å²) < 4.78 is 5.44. The standard InChI is InChI=1S/C16H20ClN3O3/c17-13-3-4-18-11-12(13)10-15(21)19-5-7-20(8-6-19)16(22)14-2-1-9-23-14/h3-4,11,14H,1-2,5-10H2. The highest BCUT2D eigenvalue weighted by Crippen LogP contribution is 2.18. The van der Waals surface area contributed by atoms with Gasteiger partial charge in [0, 0.05) is 50.2 Å². The Labute approximate surface area is 140 Å². The Morgan fingerprint density at radius 2 is 2.00 bits per heavy atom. The molecular weight excluding hydrogens is 318 g/mol. The number of pyridine rings is 1. The molecule has 6 nitrogen and oxygen atoms in total. The van der Waals surface area contributed by atoms with Gasteiger partial charge in [-0.15, -0.1) is 0 Å². The molecule has 2 fully saturated rings. The van der Waals surface area contributed by atoms with Crippen molar-refractivity contribution in [2.45, 2.75) is 25.4 Å². The van der Waals surface area contributed by atoms with E-state index in [1.807, 2.05) is 0 Å². The number of carbonyl (C=O) groups is 2. The van der Waals surface area contributed by atoms with Crippen LogP contribution in [-0.4, -0.2) is 65.5 Å². The molecule has 2 saturated heterocycles. The highest BCUT2D eigenvalue weighted by atomic mass is 35.5. The summed E-state index contributed by atoms with van der Waals surface area (Å²) in [6.45, 7) is 2.89. The Morgan fingerprint density at radius 1 is 1.26 bits per heavy atom. The van der Waals surface area contributed by atoms with Crippen LogP contribution in [-0.2, 0) is 20.7 Å². The van der Waals surface area contributed by atoms with Crippen LogP contribution in [0.15, 0.2) is 18.5 Å².